The number of rotatable bonds is 1. The van der Waals surface area contributed by atoms with Crippen LogP contribution in [-0.4, -0.2) is 46.8 Å². The maximum atomic E-state index is 12.3. The Bertz CT molecular complexity index is 846. The second kappa shape index (κ2) is 6.13. The van der Waals surface area contributed by atoms with Gasteiger partial charge in [-0.1, -0.05) is 0 Å². The summed E-state index contributed by atoms with van der Waals surface area (Å²) in [6.45, 7) is 9.61. The van der Waals surface area contributed by atoms with E-state index in [0.717, 1.165) is 11.2 Å². The number of aryl methyl sites for hydroxylation is 1. The molecule has 2 aromatic rings. The van der Waals surface area contributed by atoms with E-state index < -0.39 is 5.60 Å². The molecule has 0 spiro atoms. The quantitative estimate of drug-likeness (QED) is 0.793. The number of carbonyl (C=O) groups is 1. The SMILES string of the molecule is C[C@H]1CN(c2ccc3c(c2)oc(=O)n3C)CCN1C(=O)OC(C)(C)C. The van der Waals surface area contributed by atoms with Crippen LogP contribution in [0.3, 0.4) is 0 Å². The van der Waals surface area contributed by atoms with Crippen LogP contribution in [0, 0.1) is 0 Å². The van der Waals surface area contributed by atoms with Crippen LogP contribution in [0.25, 0.3) is 11.1 Å². The van der Waals surface area contributed by atoms with Gasteiger partial charge in [-0.3, -0.25) is 4.57 Å². The van der Waals surface area contributed by atoms with Crippen molar-refractivity contribution in [3.05, 3.63) is 28.7 Å². The van der Waals surface area contributed by atoms with Crippen molar-refractivity contribution in [3.8, 4) is 0 Å². The predicted molar refractivity (Wildman–Crippen MR) is 96.1 cm³/mol. The number of amides is 1. The van der Waals surface area contributed by atoms with Crippen molar-refractivity contribution in [2.24, 2.45) is 7.05 Å². The molecule has 2 heterocycles. The summed E-state index contributed by atoms with van der Waals surface area (Å²) in [6.07, 6.45) is -0.274. The van der Waals surface area contributed by atoms with E-state index in [1.165, 1.54) is 4.57 Å². The van der Waals surface area contributed by atoms with Crippen molar-refractivity contribution in [2.45, 2.75) is 39.3 Å². The van der Waals surface area contributed by atoms with Gasteiger partial charge in [-0.05, 0) is 39.8 Å². The van der Waals surface area contributed by atoms with Crippen LogP contribution in [0.5, 0.6) is 0 Å². The van der Waals surface area contributed by atoms with Crippen molar-refractivity contribution in [3.63, 3.8) is 0 Å². The number of benzene rings is 1. The summed E-state index contributed by atoms with van der Waals surface area (Å²) in [5.41, 5.74) is 1.84. The first-order valence-electron chi connectivity index (χ1n) is 8.50. The lowest BCUT2D eigenvalue weighted by atomic mass is 10.1. The first-order valence-corrected chi connectivity index (χ1v) is 8.50. The van der Waals surface area contributed by atoms with Crippen LogP contribution in [-0.2, 0) is 11.8 Å². The molecule has 1 aliphatic heterocycles. The normalized spacial score (nSPS) is 18.7. The summed E-state index contributed by atoms with van der Waals surface area (Å²) in [5, 5.41) is 0. The van der Waals surface area contributed by atoms with Gasteiger partial charge in [0.25, 0.3) is 0 Å². The Balaban J connectivity index is 1.74. The van der Waals surface area contributed by atoms with Crippen molar-refractivity contribution in [2.75, 3.05) is 24.5 Å². The second-order valence-corrected chi connectivity index (χ2v) is 7.55. The standard InChI is InChI=1S/C18H25N3O4/c1-12-11-20(8-9-21(12)17(23)25-18(2,3)4)13-6-7-14-15(10-13)24-16(22)19(14)5/h6-7,10,12H,8-9,11H2,1-5H3/t12-/m0/s1. The summed E-state index contributed by atoms with van der Waals surface area (Å²) in [7, 11) is 1.69. The summed E-state index contributed by atoms with van der Waals surface area (Å²) < 4.78 is 12.2. The lowest BCUT2D eigenvalue weighted by Gasteiger charge is -2.41. The van der Waals surface area contributed by atoms with Gasteiger partial charge in [0.15, 0.2) is 5.58 Å². The summed E-state index contributed by atoms with van der Waals surface area (Å²) in [4.78, 5) is 27.9. The maximum absolute atomic E-state index is 12.3. The highest BCUT2D eigenvalue weighted by Gasteiger charge is 2.31. The molecule has 7 nitrogen and oxygen atoms in total. The fourth-order valence-corrected chi connectivity index (χ4v) is 3.10. The molecule has 1 aliphatic rings. The second-order valence-electron chi connectivity index (χ2n) is 7.55. The van der Waals surface area contributed by atoms with E-state index in [9.17, 15) is 9.59 Å². The number of oxazole rings is 1. The molecule has 3 rings (SSSR count). The third-order valence-electron chi connectivity index (χ3n) is 4.40. The highest BCUT2D eigenvalue weighted by Crippen LogP contribution is 2.24. The molecule has 25 heavy (non-hydrogen) atoms. The molecule has 1 amide bonds. The smallest absolute Gasteiger partial charge is 0.419 e. The fraction of sp³-hybridized carbons (Fsp3) is 0.556. The van der Waals surface area contributed by atoms with E-state index in [2.05, 4.69) is 4.90 Å². The van der Waals surface area contributed by atoms with E-state index in [1.54, 1.807) is 11.9 Å². The Hall–Kier alpha value is -2.44. The summed E-state index contributed by atoms with van der Waals surface area (Å²) in [5.74, 6) is -0.365. The van der Waals surface area contributed by atoms with Gasteiger partial charge < -0.3 is 19.0 Å². The zero-order chi connectivity index (χ0) is 18.4. The Morgan fingerprint density at radius 3 is 2.64 bits per heavy atom. The topological polar surface area (TPSA) is 67.9 Å². The molecular weight excluding hydrogens is 322 g/mol. The van der Waals surface area contributed by atoms with Gasteiger partial charge in [0.05, 0.1) is 5.52 Å². The first-order chi connectivity index (χ1) is 11.7. The monoisotopic (exact) mass is 347 g/mol. The number of hydrogen-bond donors (Lipinski definition) is 0. The Morgan fingerprint density at radius 1 is 1.28 bits per heavy atom. The number of hydrogen-bond acceptors (Lipinski definition) is 5. The van der Waals surface area contributed by atoms with E-state index >= 15 is 0 Å². The van der Waals surface area contributed by atoms with E-state index in [4.69, 9.17) is 9.15 Å². The zero-order valence-electron chi connectivity index (χ0n) is 15.4. The number of ether oxygens (including phenoxy) is 1. The number of carbonyl (C=O) groups excluding carboxylic acids is 1. The fourth-order valence-electron chi connectivity index (χ4n) is 3.10. The number of piperazine rings is 1. The van der Waals surface area contributed by atoms with Crippen molar-refractivity contribution in [1.82, 2.24) is 9.47 Å². The molecule has 1 saturated heterocycles. The first kappa shape index (κ1) is 17.4. The van der Waals surface area contributed by atoms with E-state index in [0.29, 0.717) is 25.2 Å². The van der Waals surface area contributed by atoms with Crippen LogP contribution in [0.1, 0.15) is 27.7 Å². The van der Waals surface area contributed by atoms with Crippen molar-refractivity contribution in [1.29, 1.82) is 0 Å². The average Bonchev–Trinajstić information content (AvgIpc) is 2.79. The molecule has 0 saturated carbocycles. The number of nitrogens with zero attached hydrogens (tertiary/aromatic N) is 3. The van der Waals surface area contributed by atoms with Gasteiger partial charge in [-0.2, -0.15) is 0 Å². The van der Waals surface area contributed by atoms with Crippen LogP contribution >= 0.6 is 0 Å². The molecule has 1 aromatic heterocycles. The minimum absolute atomic E-state index is 0.0297. The highest BCUT2D eigenvalue weighted by atomic mass is 16.6. The van der Waals surface area contributed by atoms with Crippen LogP contribution in [0.4, 0.5) is 10.5 Å². The van der Waals surface area contributed by atoms with Gasteiger partial charge in [0.1, 0.15) is 5.60 Å². The minimum atomic E-state index is -0.496. The maximum Gasteiger partial charge on any atom is 0.419 e. The zero-order valence-corrected chi connectivity index (χ0v) is 15.4. The van der Waals surface area contributed by atoms with Crippen LogP contribution < -0.4 is 10.7 Å². The number of anilines is 1. The molecule has 1 atom stereocenters. The molecule has 136 valence electrons. The van der Waals surface area contributed by atoms with Gasteiger partial charge in [0, 0.05) is 44.5 Å². The molecular formula is C18H25N3O4. The van der Waals surface area contributed by atoms with Crippen molar-refractivity contribution < 1.29 is 13.9 Å². The van der Waals surface area contributed by atoms with Crippen molar-refractivity contribution >= 4 is 22.9 Å². The minimum Gasteiger partial charge on any atom is -0.444 e. The summed E-state index contributed by atoms with van der Waals surface area (Å²) in [6, 6.07) is 5.78. The lowest BCUT2D eigenvalue weighted by molar-refractivity contribution is 0.0159. The largest absolute Gasteiger partial charge is 0.444 e. The van der Waals surface area contributed by atoms with Gasteiger partial charge in [0.2, 0.25) is 0 Å². The number of fused-ring (bicyclic) bond motifs is 1. The van der Waals surface area contributed by atoms with Gasteiger partial charge in [-0.15, -0.1) is 0 Å². The molecule has 1 fully saturated rings. The molecule has 7 heteroatoms. The molecule has 0 bridgehead atoms. The summed E-state index contributed by atoms with van der Waals surface area (Å²) >= 11 is 0. The Kier molecular flexibility index (Phi) is 4.26. The third-order valence-corrected chi connectivity index (χ3v) is 4.40. The lowest BCUT2D eigenvalue weighted by Crippen LogP contribution is -2.55. The van der Waals surface area contributed by atoms with Gasteiger partial charge in [-0.25, -0.2) is 9.59 Å². The predicted octanol–water partition coefficient (Wildman–Crippen LogP) is 2.58. The average molecular weight is 347 g/mol. The molecule has 1 aromatic carbocycles. The van der Waals surface area contributed by atoms with Crippen LogP contribution in [0.2, 0.25) is 0 Å². The third kappa shape index (κ3) is 3.50. The Morgan fingerprint density at radius 2 is 2.00 bits per heavy atom. The van der Waals surface area contributed by atoms with E-state index in [1.807, 2.05) is 45.9 Å². The van der Waals surface area contributed by atoms with Crippen LogP contribution in [0.15, 0.2) is 27.4 Å². The van der Waals surface area contributed by atoms with Gasteiger partial charge >= 0.3 is 11.8 Å². The Labute approximate surface area is 146 Å². The molecule has 0 aliphatic carbocycles. The highest BCUT2D eigenvalue weighted by molar-refractivity contribution is 5.78. The van der Waals surface area contributed by atoms with E-state index in [-0.39, 0.29) is 17.9 Å². The molecule has 0 unspecified atom stereocenters. The molecule has 0 radical (unpaired) electrons. The molecule has 0 N–H and O–H groups in total. The number of aromatic nitrogens is 1.